The number of hydrogen-bond donors (Lipinski definition) is 7. The Balaban J connectivity index is 0.000000210. The molecule has 0 saturated carbocycles. The summed E-state index contributed by atoms with van der Waals surface area (Å²) in [5.41, 5.74) is 19.7. The van der Waals surface area contributed by atoms with E-state index in [0.717, 1.165) is 87.3 Å². The number of likely N-dealkylation sites (tertiary alicyclic amines) is 2. The van der Waals surface area contributed by atoms with Crippen molar-refractivity contribution in [3.63, 3.8) is 0 Å². The Morgan fingerprint density at radius 2 is 1.13 bits per heavy atom. The molecule has 5 aliphatic rings. The van der Waals surface area contributed by atoms with Crippen LogP contribution in [0, 0.1) is 23.3 Å². The monoisotopic (exact) mass is 1410 g/mol. The maximum atomic E-state index is 12.4. The Kier molecular flexibility index (Phi) is 31.2. The molecular formula is C67H86BrClN14O7S3. The fraction of sp³-hybridized carbons (Fsp3) is 0.433. The summed E-state index contributed by atoms with van der Waals surface area (Å²) in [5, 5.41) is 28.0. The van der Waals surface area contributed by atoms with Crippen LogP contribution < -0.4 is 42.8 Å². The summed E-state index contributed by atoms with van der Waals surface area (Å²) in [4.78, 5) is 59.3. The fourth-order valence-electron chi connectivity index (χ4n) is 9.73. The Morgan fingerprint density at radius 3 is 1.55 bits per heavy atom. The van der Waals surface area contributed by atoms with E-state index in [1.807, 2.05) is 71.9 Å². The third-order valence-electron chi connectivity index (χ3n) is 15.0. The predicted octanol–water partition coefficient (Wildman–Crippen LogP) is 10.4. The van der Waals surface area contributed by atoms with E-state index < -0.39 is 16.6 Å². The third-order valence-corrected chi connectivity index (χ3v) is 16.4. The van der Waals surface area contributed by atoms with Crippen LogP contribution in [0.25, 0.3) is 9.69 Å². The lowest BCUT2D eigenvalue weighted by Crippen LogP contribution is -2.53. The topological polar surface area (TPSA) is 247 Å². The number of nitrogens with zero attached hydrogens (tertiary/aromatic N) is 7. The second kappa shape index (κ2) is 38.1. The molecule has 2 saturated heterocycles. The molecule has 5 heterocycles. The molecule has 5 aromatic rings. The average molecular weight is 1410 g/mol. The van der Waals surface area contributed by atoms with Crippen LogP contribution in [0.1, 0.15) is 106 Å². The highest BCUT2D eigenvalue weighted by atomic mass is 79.9. The largest absolute Gasteiger partial charge is 0.445 e. The number of alkyl carbamates (subject to hydrolysis) is 1. The van der Waals surface area contributed by atoms with Gasteiger partial charge in [0.1, 0.15) is 12.4 Å². The van der Waals surface area contributed by atoms with Crippen LogP contribution in [0.4, 0.5) is 10.5 Å². The first-order chi connectivity index (χ1) is 44.2. The van der Waals surface area contributed by atoms with Gasteiger partial charge in [-0.05, 0) is 154 Å². The van der Waals surface area contributed by atoms with Gasteiger partial charge in [-0.1, -0.05) is 119 Å². The number of hydrogen-bond acceptors (Lipinski definition) is 14. The number of benzene rings is 5. The number of ether oxygens (including phenoxy) is 2. The summed E-state index contributed by atoms with van der Waals surface area (Å²) in [6.45, 7) is 35.0. The van der Waals surface area contributed by atoms with Crippen LogP contribution >= 0.6 is 64.2 Å². The zero-order chi connectivity index (χ0) is 68.1. The van der Waals surface area contributed by atoms with Crippen molar-refractivity contribution >= 4 is 103 Å². The lowest BCUT2D eigenvalue weighted by atomic mass is 10.1. The number of alkyl halides is 1. The summed E-state index contributed by atoms with van der Waals surface area (Å²) < 4.78 is 9.74. The zero-order valence-corrected chi connectivity index (χ0v) is 58.4. The number of nitro benzene ring substituents is 1. The molecule has 0 aliphatic carbocycles. The van der Waals surface area contributed by atoms with Gasteiger partial charge in [0, 0.05) is 114 Å². The van der Waals surface area contributed by atoms with Gasteiger partial charge in [-0.2, -0.15) is 0 Å². The molecule has 0 unspecified atom stereocenters. The van der Waals surface area contributed by atoms with Crippen LogP contribution in [0.5, 0.6) is 5.75 Å². The van der Waals surface area contributed by atoms with E-state index in [-0.39, 0.29) is 58.6 Å². The number of halogens is 2. The van der Waals surface area contributed by atoms with Crippen molar-refractivity contribution in [1.82, 2.24) is 46.2 Å². The molecule has 2 fully saturated rings. The average Bonchev–Trinajstić information content (AvgIpc) is 1.76. The Morgan fingerprint density at radius 1 is 0.688 bits per heavy atom. The van der Waals surface area contributed by atoms with E-state index in [2.05, 4.69) is 147 Å². The van der Waals surface area contributed by atoms with Gasteiger partial charge in [-0.15, -0.1) is 0 Å². The summed E-state index contributed by atoms with van der Waals surface area (Å²) in [5.74, 6) is 0.410. The highest BCUT2D eigenvalue weighted by Gasteiger charge is 2.34. The van der Waals surface area contributed by atoms with Gasteiger partial charge in [0.25, 0.3) is 10.2 Å². The molecule has 0 radical (unpaired) electrons. The van der Waals surface area contributed by atoms with Crippen molar-refractivity contribution in [2.45, 2.75) is 142 Å². The number of nitro groups is 1. The number of non-ortho nitro benzene ring substituents is 1. The molecule has 10 rings (SSSR count). The lowest BCUT2D eigenvalue weighted by molar-refractivity contribution is -0.384. The number of nitrogens with one attached hydrogen (secondary N) is 5. The minimum Gasteiger partial charge on any atom is -0.445 e. The van der Waals surface area contributed by atoms with Crippen molar-refractivity contribution in [2.24, 2.45) is 11.5 Å². The number of rotatable bonds is 14. The number of nitrogens with two attached hydrogens (primary N) is 2. The van der Waals surface area contributed by atoms with E-state index in [9.17, 15) is 24.5 Å². The number of carbonyl (C=O) groups excluding carboxylic acids is 3. The van der Waals surface area contributed by atoms with E-state index in [1.165, 1.54) is 57.6 Å². The lowest BCUT2D eigenvalue weighted by Gasteiger charge is -2.30. The Labute approximate surface area is 576 Å². The van der Waals surface area contributed by atoms with Gasteiger partial charge in [0.15, 0.2) is 10.2 Å². The second-order valence-electron chi connectivity index (χ2n) is 24.3. The standard InChI is InChI=1S/C20H27N5OS.C13H19N3S.C12H18N2O2.C8H9N.C7H9BrN2O.C7H4ClNO3S/c1-20(2,23-11-18(26)25-10-6-9-17(25)21-3)14-22-19(27)24-12-15-7-4-5-8-16(15)13-24;1-13(2,14)9-15-12(17)16-7-10-5-3-4-6-11(10)8-16;1-12(2,9-13)14-11(15)16-8-10-6-4-3-5-7-10;1-2-4-8-6-9-5-7(8)3-1;1-9-6-3-2-4-10(6)7(11)5-8;8-7(13)12-6-3-1-5(2-4-6)9(10)11/h4-5,7-8,17,23H,6,9-14H2,1-2H3,(H,22,27);3-6H,7-9,14H2,1-2H3,(H,15,17);3-7H,8-9,13H2,1-2H3,(H,14,15);1-4,9H,5-6H2;6H,2-5H2;1-4H/t17-;;;;6-;/m0...0./s1. The first-order valence-corrected chi connectivity index (χ1v) is 33.2. The van der Waals surface area contributed by atoms with Crippen LogP contribution in [0.15, 0.2) is 127 Å². The third kappa shape index (κ3) is 26.8. The predicted molar refractivity (Wildman–Crippen MR) is 381 cm³/mol. The van der Waals surface area contributed by atoms with Crippen LogP contribution in [0.2, 0.25) is 0 Å². The van der Waals surface area contributed by atoms with E-state index in [4.69, 9.17) is 70.1 Å². The molecule has 26 heteroatoms. The summed E-state index contributed by atoms with van der Waals surface area (Å²) in [7, 11) is 0. The van der Waals surface area contributed by atoms with Crippen LogP contribution in [0.3, 0.4) is 0 Å². The van der Waals surface area contributed by atoms with Crippen molar-refractivity contribution in [2.75, 3.05) is 44.6 Å². The van der Waals surface area contributed by atoms with E-state index in [0.29, 0.717) is 37.3 Å². The van der Waals surface area contributed by atoms with Crippen molar-refractivity contribution in [3.05, 3.63) is 199 Å². The summed E-state index contributed by atoms with van der Waals surface area (Å²) in [6, 6.07) is 40.4. The first kappa shape index (κ1) is 76.3. The number of carbonyl (C=O) groups is 3. The van der Waals surface area contributed by atoms with E-state index in [1.54, 1.807) is 9.80 Å². The normalized spacial score (nSPS) is 15.6. The minimum atomic E-state index is -0.497. The fourth-order valence-corrected chi connectivity index (χ4v) is 10.6. The minimum absolute atomic E-state index is 0.000793. The molecule has 93 heavy (non-hydrogen) atoms. The van der Waals surface area contributed by atoms with E-state index >= 15 is 0 Å². The molecule has 0 spiro atoms. The molecule has 0 bridgehead atoms. The van der Waals surface area contributed by atoms with Gasteiger partial charge < -0.3 is 57.3 Å². The molecule has 9 N–H and O–H groups in total. The maximum absolute atomic E-state index is 12.4. The maximum Gasteiger partial charge on any atom is 0.407 e. The van der Waals surface area contributed by atoms with Gasteiger partial charge in [0.05, 0.1) is 16.8 Å². The van der Waals surface area contributed by atoms with Gasteiger partial charge in [-0.25, -0.2) is 17.9 Å². The molecular weight excluding hydrogens is 1320 g/mol. The molecule has 498 valence electrons. The summed E-state index contributed by atoms with van der Waals surface area (Å²) >= 11 is 23.8. The highest BCUT2D eigenvalue weighted by Crippen LogP contribution is 2.25. The molecule has 3 amide bonds. The smallest absolute Gasteiger partial charge is 0.407 e. The summed E-state index contributed by atoms with van der Waals surface area (Å²) in [6.07, 6.45) is 2.57. The first-order valence-electron chi connectivity index (χ1n) is 30.4. The molecule has 0 aromatic heterocycles. The Bertz CT molecular complexity index is 3310. The number of amides is 3. The number of fused-ring (bicyclic) bond motifs is 3. The zero-order valence-electron chi connectivity index (χ0n) is 53.6. The molecule has 5 aromatic carbocycles. The molecule has 21 nitrogen and oxygen atoms in total. The molecule has 2 atom stereocenters. The molecule has 5 aliphatic heterocycles. The SMILES string of the molecule is CC(C)(CN)NC(=O)OCc1ccccc1.CC(C)(N)CNC(=S)N1Cc2ccccc2C1.O=[N+]([O-])c1ccc(OC(=S)Cl)cc1.[C-]#[N+][C@@H]1CCCN1C(=O)CBr.[C-]#[N+][C@@H]1CCCN1C(=O)CNC(C)(C)CNC(=S)N1Cc2ccccc2C1.c1ccc2c(c1)CNC2. The van der Waals surface area contributed by atoms with Crippen LogP contribution in [-0.2, 0) is 60.2 Å². The van der Waals surface area contributed by atoms with Crippen LogP contribution in [-0.4, -0.2) is 131 Å². The quantitative estimate of drug-likeness (QED) is 0.0136. The van der Waals surface area contributed by atoms with Gasteiger partial charge in [-0.3, -0.25) is 39.2 Å². The van der Waals surface area contributed by atoms with Crippen molar-refractivity contribution in [3.8, 4) is 5.75 Å². The van der Waals surface area contributed by atoms with Gasteiger partial charge in [0.2, 0.25) is 11.8 Å². The second-order valence-corrected chi connectivity index (χ2v) is 26.6. The van der Waals surface area contributed by atoms with Gasteiger partial charge >= 0.3 is 18.4 Å². The highest BCUT2D eigenvalue weighted by molar-refractivity contribution is 9.09. The Hall–Kier alpha value is -7.43. The number of thiocarbonyl (C=S) groups is 3. The van der Waals surface area contributed by atoms with Crippen molar-refractivity contribution < 1.29 is 28.8 Å². The van der Waals surface area contributed by atoms with Crippen molar-refractivity contribution in [1.29, 1.82) is 0 Å².